The molecule has 10 heteroatoms. The van der Waals surface area contributed by atoms with Crippen LogP contribution in [0.25, 0.3) is 0 Å². The highest BCUT2D eigenvalue weighted by Crippen LogP contribution is 2.23. The van der Waals surface area contributed by atoms with Crippen molar-refractivity contribution in [2.45, 2.75) is 40.0 Å². The number of hydrogen-bond donors (Lipinski definition) is 1. The predicted octanol–water partition coefficient (Wildman–Crippen LogP) is 4.23. The molecule has 9 nitrogen and oxygen atoms in total. The maximum absolute atomic E-state index is 13.7. The molecule has 2 amide bonds. The van der Waals surface area contributed by atoms with Crippen molar-refractivity contribution in [1.82, 2.24) is 10.2 Å². The molecular formula is C31H39N3O6S. The fourth-order valence-corrected chi connectivity index (χ4v) is 4.92. The zero-order valence-corrected chi connectivity index (χ0v) is 25.1. The van der Waals surface area contributed by atoms with E-state index in [9.17, 15) is 18.0 Å². The summed E-state index contributed by atoms with van der Waals surface area (Å²) in [4.78, 5) is 28.1. The van der Waals surface area contributed by atoms with Crippen LogP contribution in [0.15, 0.2) is 78.9 Å². The molecule has 0 spiro atoms. The molecule has 0 heterocycles. The molecule has 0 saturated carbocycles. The van der Waals surface area contributed by atoms with Crippen molar-refractivity contribution in [2.75, 3.05) is 30.8 Å². The standard InChI is InChI=1S/C31H39N3O6S/c1-23(2)19-32-31(36)24(3)33(20-26-12-9-13-29(18-26)39-4)30(35)21-34(41(5,37)38)27-14-16-28(17-15-27)40-22-25-10-7-6-8-11-25/h6-18,23-24H,19-22H2,1-5H3,(H,32,36)/t24-/m1/s1. The summed E-state index contributed by atoms with van der Waals surface area (Å²) in [5, 5.41) is 2.87. The van der Waals surface area contributed by atoms with Gasteiger partial charge >= 0.3 is 0 Å². The van der Waals surface area contributed by atoms with Crippen molar-refractivity contribution in [1.29, 1.82) is 0 Å². The van der Waals surface area contributed by atoms with Gasteiger partial charge in [0.1, 0.15) is 30.7 Å². The summed E-state index contributed by atoms with van der Waals surface area (Å²) in [6.45, 7) is 6.03. The van der Waals surface area contributed by atoms with Crippen LogP contribution in [0.5, 0.6) is 11.5 Å². The van der Waals surface area contributed by atoms with Crippen LogP contribution < -0.4 is 19.1 Å². The fraction of sp³-hybridized carbons (Fsp3) is 0.355. The van der Waals surface area contributed by atoms with Gasteiger partial charge in [0.05, 0.1) is 19.1 Å². The Morgan fingerprint density at radius 3 is 2.15 bits per heavy atom. The molecule has 1 N–H and O–H groups in total. The number of carbonyl (C=O) groups excluding carboxylic acids is 2. The molecule has 0 aliphatic heterocycles. The minimum Gasteiger partial charge on any atom is -0.497 e. The number of ether oxygens (including phenoxy) is 2. The number of nitrogens with one attached hydrogen (secondary N) is 1. The summed E-state index contributed by atoms with van der Waals surface area (Å²) >= 11 is 0. The molecule has 3 aromatic carbocycles. The summed E-state index contributed by atoms with van der Waals surface area (Å²) in [6, 6.07) is 22.5. The normalized spacial score (nSPS) is 12.0. The van der Waals surface area contributed by atoms with Gasteiger partial charge in [0.15, 0.2) is 0 Å². The molecule has 0 bridgehead atoms. The number of amides is 2. The van der Waals surface area contributed by atoms with E-state index in [-0.39, 0.29) is 18.4 Å². The molecule has 1 atom stereocenters. The molecular weight excluding hydrogens is 542 g/mol. The molecule has 41 heavy (non-hydrogen) atoms. The number of carbonyl (C=O) groups is 2. The van der Waals surface area contributed by atoms with Gasteiger partial charge in [0.2, 0.25) is 21.8 Å². The van der Waals surface area contributed by atoms with Crippen LogP contribution in [0.1, 0.15) is 31.9 Å². The van der Waals surface area contributed by atoms with E-state index < -0.39 is 28.5 Å². The number of sulfonamides is 1. The summed E-state index contributed by atoms with van der Waals surface area (Å²) in [5.41, 5.74) is 2.06. The van der Waals surface area contributed by atoms with Crippen LogP contribution in [0.2, 0.25) is 0 Å². The van der Waals surface area contributed by atoms with Crippen LogP contribution in [0, 0.1) is 5.92 Å². The third-order valence-electron chi connectivity index (χ3n) is 6.39. The van der Waals surface area contributed by atoms with Gasteiger partial charge in [-0.3, -0.25) is 13.9 Å². The first-order valence-electron chi connectivity index (χ1n) is 13.4. The zero-order valence-electron chi connectivity index (χ0n) is 24.2. The quantitative estimate of drug-likeness (QED) is 0.306. The number of methoxy groups -OCH3 is 1. The summed E-state index contributed by atoms with van der Waals surface area (Å²) in [6.07, 6.45) is 1.05. The molecule has 0 fully saturated rings. The van der Waals surface area contributed by atoms with Crippen molar-refractivity contribution in [3.63, 3.8) is 0 Å². The average Bonchev–Trinajstić information content (AvgIpc) is 2.96. The lowest BCUT2D eigenvalue weighted by molar-refractivity contribution is -0.139. The number of hydrogen-bond acceptors (Lipinski definition) is 6. The smallest absolute Gasteiger partial charge is 0.244 e. The molecule has 0 saturated heterocycles. The molecule has 0 aromatic heterocycles. The maximum Gasteiger partial charge on any atom is 0.244 e. The van der Waals surface area contributed by atoms with Crippen molar-refractivity contribution in [3.8, 4) is 11.5 Å². The Hall–Kier alpha value is -4.05. The lowest BCUT2D eigenvalue weighted by Gasteiger charge is -2.31. The summed E-state index contributed by atoms with van der Waals surface area (Å²) in [5.74, 6) is 0.566. The van der Waals surface area contributed by atoms with E-state index in [1.54, 1.807) is 56.5 Å². The number of anilines is 1. The number of benzene rings is 3. The number of nitrogens with zero attached hydrogens (tertiary/aromatic N) is 2. The molecule has 3 aromatic rings. The highest BCUT2D eigenvalue weighted by molar-refractivity contribution is 7.92. The molecule has 0 aliphatic carbocycles. The lowest BCUT2D eigenvalue weighted by Crippen LogP contribution is -2.51. The zero-order chi connectivity index (χ0) is 30.0. The monoisotopic (exact) mass is 581 g/mol. The van der Waals surface area contributed by atoms with Crippen LogP contribution in [-0.4, -0.2) is 57.6 Å². The lowest BCUT2D eigenvalue weighted by atomic mass is 10.1. The van der Waals surface area contributed by atoms with Gasteiger partial charge in [-0.2, -0.15) is 0 Å². The Morgan fingerprint density at radius 1 is 0.878 bits per heavy atom. The molecule has 3 rings (SSSR count). The summed E-state index contributed by atoms with van der Waals surface area (Å²) in [7, 11) is -2.29. The SMILES string of the molecule is COc1cccc(CN(C(=O)CN(c2ccc(OCc3ccccc3)cc2)S(C)(=O)=O)[C@H](C)C(=O)NCC(C)C)c1. The van der Waals surface area contributed by atoms with Gasteiger partial charge in [-0.1, -0.05) is 56.3 Å². The van der Waals surface area contributed by atoms with E-state index in [0.29, 0.717) is 30.3 Å². The van der Waals surface area contributed by atoms with Gasteiger partial charge in [-0.15, -0.1) is 0 Å². The van der Waals surface area contributed by atoms with Crippen LogP contribution >= 0.6 is 0 Å². The average molecular weight is 582 g/mol. The first kappa shape index (κ1) is 31.5. The van der Waals surface area contributed by atoms with E-state index in [0.717, 1.165) is 21.7 Å². The van der Waals surface area contributed by atoms with Crippen molar-refractivity contribution < 1.29 is 27.5 Å². The van der Waals surface area contributed by atoms with Gasteiger partial charge in [0, 0.05) is 13.1 Å². The third kappa shape index (κ3) is 9.53. The van der Waals surface area contributed by atoms with Crippen LogP contribution in [-0.2, 0) is 32.8 Å². The Balaban J connectivity index is 1.82. The summed E-state index contributed by atoms with van der Waals surface area (Å²) < 4.78 is 37.8. The highest BCUT2D eigenvalue weighted by Gasteiger charge is 2.30. The van der Waals surface area contributed by atoms with E-state index in [4.69, 9.17) is 9.47 Å². The first-order chi connectivity index (χ1) is 19.5. The van der Waals surface area contributed by atoms with Gasteiger partial charge in [-0.05, 0) is 60.4 Å². The van der Waals surface area contributed by atoms with Crippen LogP contribution in [0.3, 0.4) is 0 Å². The van der Waals surface area contributed by atoms with Crippen molar-refractivity contribution >= 4 is 27.5 Å². The van der Waals surface area contributed by atoms with E-state index >= 15 is 0 Å². The van der Waals surface area contributed by atoms with Gasteiger partial charge in [0.25, 0.3) is 0 Å². The topological polar surface area (TPSA) is 105 Å². The first-order valence-corrected chi connectivity index (χ1v) is 15.3. The molecule has 0 aliphatic rings. The second-order valence-corrected chi connectivity index (χ2v) is 12.1. The molecule has 220 valence electrons. The Morgan fingerprint density at radius 2 is 1.54 bits per heavy atom. The predicted molar refractivity (Wildman–Crippen MR) is 160 cm³/mol. The fourth-order valence-electron chi connectivity index (χ4n) is 4.07. The minimum atomic E-state index is -3.84. The van der Waals surface area contributed by atoms with E-state index in [1.165, 1.54) is 4.90 Å². The van der Waals surface area contributed by atoms with Crippen LogP contribution in [0.4, 0.5) is 5.69 Å². The minimum absolute atomic E-state index is 0.0934. The van der Waals surface area contributed by atoms with E-state index in [1.807, 2.05) is 50.2 Å². The van der Waals surface area contributed by atoms with E-state index in [2.05, 4.69) is 5.32 Å². The third-order valence-corrected chi connectivity index (χ3v) is 7.53. The van der Waals surface area contributed by atoms with Crippen molar-refractivity contribution in [3.05, 3.63) is 90.0 Å². The Bertz CT molecular complexity index is 1390. The second kappa shape index (κ2) is 14.5. The van der Waals surface area contributed by atoms with Gasteiger partial charge in [-0.25, -0.2) is 8.42 Å². The second-order valence-electron chi connectivity index (χ2n) is 10.2. The maximum atomic E-state index is 13.7. The molecule has 0 radical (unpaired) electrons. The highest BCUT2D eigenvalue weighted by atomic mass is 32.2. The Kier molecular flexibility index (Phi) is 11.2. The van der Waals surface area contributed by atoms with Crippen molar-refractivity contribution in [2.24, 2.45) is 5.92 Å². The van der Waals surface area contributed by atoms with Gasteiger partial charge < -0.3 is 19.7 Å². The number of rotatable bonds is 14. The Labute approximate surface area is 243 Å². The largest absolute Gasteiger partial charge is 0.497 e. The molecule has 0 unspecified atom stereocenters.